The van der Waals surface area contributed by atoms with Gasteiger partial charge < -0.3 is 14.5 Å². The normalized spacial score (nSPS) is 19.1. The molecule has 7 nitrogen and oxygen atoms in total. The predicted molar refractivity (Wildman–Crippen MR) is 126 cm³/mol. The number of aromatic nitrogens is 1. The maximum absolute atomic E-state index is 14.1. The number of carbonyl (C=O) groups excluding carboxylic acids is 1. The molecule has 0 unspecified atom stereocenters. The van der Waals surface area contributed by atoms with Crippen molar-refractivity contribution in [1.82, 2.24) is 9.88 Å². The second-order valence-electron chi connectivity index (χ2n) is 9.01. The number of benzene rings is 1. The zero-order valence-electron chi connectivity index (χ0n) is 19.6. The van der Waals surface area contributed by atoms with E-state index in [1.54, 1.807) is 31.6 Å². The summed E-state index contributed by atoms with van der Waals surface area (Å²) in [4.78, 5) is 19.8. The second-order valence-corrected chi connectivity index (χ2v) is 11.3. The third-order valence-corrected chi connectivity index (χ3v) is 8.50. The lowest BCUT2D eigenvalue weighted by molar-refractivity contribution is -0.190. The van der Waals surface area contributed by atoms with Crippen LogP contribution in [0.3, 0.4) is 0 Å². The highest BCUT2D eigenvalue weighted by atomic mass is 32.2. The van der Waals surface area contributed by atoms with E-state index in [4.69, 9.17) is 4.74 Å². The van der Waals surface area contributed by atoms with Crippen LogP contribution in [-0.4, -0.2) is 62.6 Å². The molecule has 0 radical (unpaired) electrons. The average molecular weight is 512 g/mol. The molecule has 1 atom stereocenters. The molecule has 190 valence electrons. The van der Waals surface area contributed by atoms with Crippen LogP contribution in [0.4, 0.5) is 24.5 Å². The van der Waals surface area contributed by atoms with Crippen molar-refractivity contribution in [1.29, 1.82) is 0 Å². The summed E-state index contributed by atoms with van der Waals surface area (Å²) in [5.74, 6) is -1.11. The lowest BCUT2D eigenvalue weighted by atomic mass is 9.97. The molecular weight excluding hydrogens is 483 g/mol. The number of methoxy groups -OCH3 is 1. The topological polar surface area (TPSA) is 79.8 Å². The van der Waals surface area contributed by atoms with Crippen molar-refractivity contribution in [3.8, 4) is 5.75 Å². The van der Waals surface area contributed by atoms with E-state index in [0.717, 1.165) is 36.8 Å². The highest BCUT2D eigenvalue weighted by Crippen LogP contribution is 2.41. The summed E-state index contributed by atoms with van der Waals surface area (Å²) in [6.07, 6.45) is 0.438. The van der Waals surface area contributed by atoms with Gasteiger partial charge in [0.05, 0.1) is 36.7 Å². The summed E-state index contributed by atoms with van der Waals surface area (Å²) in [5, 5.41) is 0. The monoisotopic (exact) mass is 511 g/mol. The lowest BCUT2D eigenvalue weighted by Crippen LogP contribution is -2.44. The first-order valence-corrected chi connectivity index (χ1v) is 13.3. The third kappa shape index (κ3) is 5.24. The minimum absolute atomic E-state index is 0.0425. The van der Waals surface area contributed by atoms with E-state index < -0.39 is 33.9 Å². The molecule has 11 heteroatoms. The molecule has 0 bridgehead atoms. The Hall–Kier alpha value is -2.82. The van der Waals surface area contributed by atoms with Crippen molar-refractivity contribution in [3.63, 3.8) is 0 Å². The first-order chi connectivity index (χ1) is 16.5. The smallest absolute Gasteiger partial charge is 0.413 e. The van der Waals surface area contributed by atoms with Gasteiger partial charge in [0, 0.05) is 30.8 Å². The van der Waals surface area contributed by atoms with Gasteiger partial charge in [-0.05, 0) is 43.4 Å². The van der Waals surface area contributed by atoms with E-state index in [0.29, 0.717) is 17.2 Å². The summed E-state index contributed by atoms with van der Waals surface area (Å²) in [5.41, 5.74) is 2.53. The summed E-state index contributed by atoms with van der Waals surface area (Å²) >= 11 is 0. The first kappa shape index (κ1) is 25.3. The Morgan fingerprint density at radius 3 is 2.43 bits per heavy atom. The number of anilines is 2. The van der Waals surface area contributed by atoms with Gasteiger partial charge in [0.15, 0.2) is 6.04 Å². The van der Waals surface area contributed by atoms with Gasteiger partial charge in [-0.2, -0.15) is 13.2 Å². The zero-order chi connectivity index (χ0) is 25.4. The van der Waals surface area contributed by atoms with E-state index in [-0.39, 0.29) is 29.9 Å². The van der Waals surface area contributed by atoms with E-state index in [9.17, 15) is 26.4 Å². The Morgan fingerprint density at radius 2 is 1.83 bits per heavy atom. The number of halogens is 3. The number of hydrogen-bond acceptors (Lipinski definition) is 6. The number of ether oxygens (including phenoxy) is 1. The molecule has 3 heterocycles. The van der Waals surface area contributed by atoms with E-state index in [2.05, 4.69) is 4.98 Å². The Balaban J connectivity index is 1.58. The molecule has 35 heavy (non-hydrogen) atoms. The van der Waals surface area contributed by atoms with Crippen molar-refractivity contribution >= 4 is 27.1 Å². The van der Waals surface area contributed by atoms with Crippen molar-refractivity contribution in [2.24, 2.45) is 5.92 Å². The first-order valence-electron chi connectivity index (χ1n) is 11.4. The number of amides is 1. The van der Waals surface area contributed by atoms with Crippen LogP contribution in [-0.2, 0) is 21.1 Å². The Labute approximate surface area is 202 Å². The fourth-order valence-corrected chi connectivity index (χ4v) is 6.43. The minimum atomic E-state index is -4.69. The number of rotatable bonds is 5. The van der Waals surface area contributed by atoms with Gasteiger partial charge in [0.25, 0.3) is 0 Å². The molecule has 4 rings (SSSR count). The molecule has 0 spiro atoms. The van der Waals surface area contributed by atoms with Crippen LogP contribution in [0.2, 0.25) is 0 Å². The molecule has 2 aromatic rings. The molecule has 0 aliphatic carbocycles. The van der Waals surface area contributed by atoms with Gasteiger partial charge in [-0.25, -0.2) is 8.42 Å². The average Bonchev–Trinajstić information content (AvgIpc) is 2.82. The van der Waals surface area contributed by atoms with Gasteiger partial charge in [0.1, 0.15) is 15.6 Å². The van der Waals surface area contributed by atoms with E-state index in [1.165, 1.54) is 12.1 Å². The molecule has 1 aromatic heterocycles. The van der Waals surface area contributed by atoms with Crippen molar-refractivity contribution in [3.05, 3.63) is 47.8 Å². The summed E-state index contributed by atoms with van der Waals surface area (Å²) in [7, 11) is -0.516. The van der Waals surface area contributed by atoms with Crippen molar-refractivity contribution < 1.29 is 31.1 Å². The molecule has 2 aliphatic rings. The Kier molecular flexibility index (Phi) is 6.99. The van der Waals surface area contributed by atoms with Gasteiger partial charge in [-0.15, -0.1) is 0 Å². The summed E-state index contributed by atoms with van der Waals surface area (Å²) in [6, 6.07) is 3.90. The standard InChI is InChI=1S/C24H28F3N3O4S/c1-29(23(31)17-9-12-35(32,33)13-10-17)22(24(25,26)27)16-5-7-18(8-6-16)30-11-3-4-19-20(30)14-28-15-21(19)34-2/h5-8,14-15,17,22H,3-4,9-13H2,1-2H3/t22-/m0/s1. The molecular formula is C24H28F3N3O4S. The predicted octanol–water partition coefficient (Wildman–Crippen LogP) is 4.06. The molecule has 0 saturated carbocycles. The van der Waals surface area contributed by atoms with Gasteiger partial charge in [-0.1, -0.05) is 12.1 Å². The quantitative estimate of drug-likeness (QED) is 0.603. The number of pyridine rings is 1. The Bertz CT molecular complexity index is 1170. The number of alkyl halides is 3. The number of sulfone groups is 1. The molecule has 1 saturated heterocycles. The number of nitrogens with zero attached hydrogens (tertiary/aromatic N) is 3. The van der Waals surface area contributed by atoms with Crippen molar-refractivity contribution in [2.45, 2.75) is 37.9 Å². The minimum Gasteiger partial charge on any atom is -0.495 e. The van der Waals surface area contributed by atoms with Crippen LogP contribution in [0.25, 0.3) is 0 Å². The molecule has 1 aromatic carbocycles. The fraction of sp³-hybridized carbons (Fsp3) is 0.500. The van der Waals surface area contributed by atoms with Crippen LogP contribution in [0.5, 0.6) is 5.75 Å². The lowest BCUT2D eigenvalue weighted by Gasteiger charge is -2.35. The van der Waals surface area contributed by atoms with Crippen LogP contribution in [0, 0.1) is 5.92 Å². The van der Waals surface area contributed by atoms with E-state index in [1.807, 2.05) is 4.90 Å². The third-order valence-electron chi connectivity index (χ3n) is 6.78. The fourth-order valence-electron chi connectivity index (χ4n) is 4.94. The maximum Gasteiger partial charge on any atom is 0.413 e. The van der Waals surface area contributed by atoms with Crippen LogP contribution in [0.15, 0.2) is 36.7 Å². The number of hydrogen-bond donors (Lipinski definition) is 0. The van der Waals surface area contributed by atoms with Gasteiger partial charge in [-0.3, -0.25) is 9.78 Å². The highest BCUT2D eigenvalue weighted by Gasteiger charge is 2.46. The van der Waals surface area contributed by atoms with Crippen LogP contribution >= 0.6 is 0 Å². The molecule has 1 fully saturated rings. The molecule has 1 amide bonds. The van der Waals surface area contributed by atoms with Gasteiger partial charge >= 0.3 is 6.18 Å². The molecule has 0 N–H and O–H groups in total. The van der Waals surface area contributed by atoms with Crippen molar-refractivity contribution in [2.75, 3.05) is 37.1 Å². The molecule has 2 aliphatic heterocycles. The highest BCUT2D eigenvalue weighted by molar-refractivity contribution is 7.91. The number of carbonyl (C=O) groups is 1. The zero-order valence-corrected chi connectivity index (χ0v) is 20.4. The van der Waals surface area contributed by atoms with Crippen LogP contribution in [0.1, 0.15) is 36.4 Å². The summed E-state index contributed by atoms with van der Waals surface area (Å²) < 4.78 is 71.1. The SMILES string of the molecule is COc1cncc2c1CCCN2c1ccc([C@H](N(C)C(=O)C2CCS(=O)(=O)CC2)C(F)(F)F)cc1. The largest absolute Gasteiger partial charge is 0.495 e. The van der Waals surface area contributed by atoms with E-state index >= 15 is 0 Å². The Morgan fingerprint density at radius 1 is 1.17 bits per heavy atom. The number of fused-ring (bicyclic) bond motifs is 1. The van der Waals surface area contributed by atoms with Gasteiger partial charge in [0.2, 0.25) is 5.91 Å². The maximum atomic E-state index is 14.1. The summed E-state index contributed by atoms with van der Waals surface area (Å²) in [6.45, 7) is 0.687. The van der Waals surface area contributed by atoms with Crippen LogP contribution < -0.4 is 9.64 Å². The second kappa shape index (κ2) is 9.67.